The second-order valence-corrected chi connectivity index (χ2v) is 6.69. The third kappa shape index (κ3) is 3.83. The summed E-state index contributed by atoms with van der Waals surface area (Å²) in [5, 5.41) is 19.9. The number of hydrogen-bond donors (Lipinski definition) is 2. The average Bonchev–Trinajstić information content (AvgIpc) is 3.13. The van der Waals surface area contributed by atoms with Crippen LogP contribution in [-0.2, 0) is 13.6 Å². The van der Waals surface area contributed by atoms with Gasteiger partial charge in [-0.3, -0.25) is 14.2 Å². The van der Waals surface area contributed by atoms with Crippen LogP contribution in [0.4, 0.5) is 5.82 Å². The van der Waals surface area contributed by atoms with E-state index in [2.05, 4.69) is 31.4 Å². The van der Waals surface area contributed by atoms with Crippen molar-refractivity contribution in [3.8, 4) is 0 Å². The van der Waals surface area contributed by atoms with Crippen LogP contribution in [0.5, 0.6) is 0 Å². The van der Waals surface area contributed by atoms with Crippen LogP contribution in [0, 0.1) is 6.92 Å². The predicted molar refractivity (Wildman–Crippen MR) is 98.3 cm³/mol. The highest BCUT2D eigenvalue weighted by molar-refractivity contribution is 9.10. The Morgan fingerprint density at radius 1 is 1.19 bits per heavy atom. The molecule has 0 aliphatic heterocycles. The molecule has 3 rings (SSSR count). The molecule has 0 aliphatic carbocycles. The van der Waals surface area contributed by atoms with Crippen molar-refractivity contribution in [3.63, 3.8) is 0 Å². The topological polar surface area (TPSA) is 102 Å². The Balaban J connectivity index is 1.78. The molecule has 1 amide bonds. The van der Waals surface area contributed by atoms with E-state index in [4.69, 9.17) is 5.11 Å². The summed E-state index contributed by atoms with van der Waals surface area (Å²) in [6.07, 6.45) is 3.10. The van der Waals surface area contributed by atoms with Gasteiger partial charge < -0.3 is 10.4 Å². The van der Waals surface area contributed by atoms with Gasteiger partial charge in [-0.2, -0.15) is 10.2 Å². The monoisotopic (exact) mass is 417 g/mol. The van der Waals surface area contributed by atoms with Gasteiger partial charge in [0.25, 0.3) is 5.91 Å². The highest BCUT2D eigenvalue weighted by Gasteiger charge is 2.22. The summed E-state index contributed by atoms with van der Waals surface area (Å²) >= 11 is 3.36. The summed E-state index contributed by atoms with van der Waals surface area (Å²) in [6, 6.07) is 8.06. The fourth-order valence-corrected chi connectivity index (χ4v) is 2.85. The van der Waals surface area contributed by atoms with E-state index in [9.17, 15) is 9.59 Å². The number of carbonyl (C=O) groups excluding carboxylic acids is 1. The highest BCUT2D eigenvalue weighted by atomic mass is 79.9. The Kier molecular flexibility index (Phi) is 4.90. The number of benzene rings is 1. The van der Waals surface area contributed by atoms with Gasteiger partial charge in [0.15, 0.2) is 11.5 Å². The first kappa shape index (κ1) is 17.9. The van der Waals surface area contributed by atoms with Crippen LogP contribution >= 0.6 is 15.9 Å². The van der Waals surface area contributed by atoms with E-state index in [1.807, 2.05) is 31.2 Å². The number of halogens is 1. The number of aromatic nitrogens is 4. The Morgan fingerprint density at radius 3 is 2.54 bits per heavy atom. The zero-order chi connectivity index (χ0) is 18.8. The van der Waals surface area contributed by atoms with E-state index in [-0.39, 0.29) is 11.3 Å². The van der Waals surface area contributed by atoms with Gasteiger partial charge in [0.1, 0.15) is 0 Å². The van der Waals surface area contributed by atoms with E-state index >= 15 is 0 Å². The maximum atomic E-state index is 12.4. The van der Waals surface area contributed by atoms with Crippen molar-refractivity contribution >= 4 is 33.6 Å². The number of anilines is 1. The molecule has 0 saturated heterocycles. The minimum atomic E-state index is -1.26. The SMILES string of the molecule is Cc1ccc(Cn2cc(Br)c(NC(=O)c3cn(C)nc3C(=O)O)n2)cc1. The first-order chi connectivity index (χ1) is 12.3. The molecule has 0 radical (unpaired) electrons. The van der Waals surface area contributed by atoms with Gasteiger partial charge in [-0.1, -0.05) is 29.8 Å². The molecule has 0 aliphatic rings. The summed E-state index contributed by atoms with van der Waals surface area (Å²) in [5.74, 6) is -1.54. The normalized spacial score (nSPS) is 10.7. The summed E-state index contributed by atoms with van der Waals surface area (Å²) in [7, 11) is 1.55. The lowest BCUT2D eigenvalue weighted by Crippen LogP contribution is -2.16. The smallest absolute Gasteiger partial charge is 0.357 e. The average molecular weight is 418 g/mol. The standard InChI is InChI=1S/C17H16BrN5O3/c1-10-3-5-11(6-4-10)7-23-9-13(18)15(21-23)19-16(24)12-8-22(2)20-14(12)17(25)26/h3-6,8-9H,7H2,1-2H3,(H,25,26)(H,19,21,24). The number of nitrogens with zero attached hydrogens (tertiary/aromatic N) is 4. The summed E-state index contributed by atoms with van der Waals surface area (Å²) in [5.41, 5.74) is 1.91. The number of amides is 1. The molecule has 0 atom stereocenters. The van der Waals surface area contributed by atoms with Crippen molar-refractivity contribution in [2.24, 2.45) is 7.05 Å². The summed E-state index contributed by atoms with van der Waals surface area (Å²) < 4.78 is 3.56. The van der Waals surface area contributed by atoms with Crippen LogP contribution in [0.1, 0.15) is 32.0 Å². The van der Waals surface area contributed by atoms with Gasteiger partial charge in [-0.25, -0.2) is 4.79 Å². The van der Waals surface area contributed by atoms with Gasteiger partial charge in [-0.15, -0.1) is 0 Å². The molecule has 26 heavy (non-hydrogen) atoms. The number of aromatic carboxylic acids is 1. The van der Waals surface area contributed by atoms with Crippen LogP contribution in [0.2, 0.25) is 0 Å². The molecule has 2 aromatic heterocycles. The van der Waals surface area contributed by atoms with Crippen LogP contribution in [0.15, 0.2) is 41.1 Å². The quantitative estimate of drug-likeness (QED) is 0.664. The third-order valence-corrected chi connectivity index (χ3v) is 4.27. The molecule has 0 fully saturated rings. The largest absolute Gasteiger partial charge is 0.476 e. The van der Waals surface area contributed by atoms with Crippen molar-refractivity contribution in [1.82, 2.24) is 19.6 Å². The maximum absolute atomic E-state index is 12.4. The van der Waals surface area contributed by atoms with E-state index in [0.29, 0.717) is 16.8 Å². The predicted octanol–water partition coefficient (Wildman–Crippen LogP) is 2.69. The molecule has 8 nitrogen and oxygen atoms in total. The van der Waals surface area contributed by atoms with Gasteiger partial charge in [0.05, 0.1) is 16.6 Å². The molecular weight excluding hydrogens is 402 g/mol. The van der Waals surface area contributed by atoms with E-state index in [0.717, 1.165) is 5.56 Å². The molecule has 2 N–H and O–H groups in total. The van der Waals surface area contributed by atoms with Crippen LogP contribution in [0.25, 0.3) is 0 Å². The summed E-state index contributed by atoms with van der Waals surface area (Å²) in [6.45, 7) is 2.56. The molecule has 0 saturated carbocycles. The number of rotatable bonds is 5. The number of nitrogens with one attached hydrogen (secondary N) is 1. The molecule has 134 valence electrons. The van der Waals surface area contributed by atoms with Crippen molar-refractivity contribution in [2.75, 3.05) is 5.32 Å². The number of carboxylic acids is 1. The zero-order valence-corrected chi connectivity index (χ0v) is 15.7. The number of hydrogen-bond acceptors (Lipinski definition) is 4. The molecule has 0 spiro atoms. The van der Waals surface area contributed by atoms with Crippen molar-refractivity contribution < 1.29 is 14.7 Å². The maximum Gasteiger partial charge on any atom is 0.357 e. The minimum absolute atomic E-state index is 0.0278. The van der Waals surface area contributed by atoms with E-state index in [1.165, 1.54) is 16.4 Å². The second-order valence-electron chi connectivity index (χ2n) is 5.83. The fraction of sp³-hybridized carbons (Fsp3) is 0.176. The lowest BCUT2D eigenvalue weighted by Gasteiger charge is -2.03. The first-order valence-corrected chi connectivity index (χ1v) is 8.49. The number of aryl methyl sites for hydroxylation is 2. The zero-order valence-electron chi connectivity index (χ0n) is 14.1. The Labute approximate surface area is 157 Å². The van der Waals surface area contributed by atoms with E-state index < -0.39 is 11.9 Å². The van der Waals surface area contributed by atoms with Gasteiger partial charge in [-0.05, 0) is 28.4 Å². The molecule has 9 heteroatoms. The Hall–Kier alpha value is -2.94. The molecule has 0 unspecified atom stereocenters. The fourth-order valence-electron chi connectivity index (χ4n) is 2.43. The lowest BCUT2D eigenvalue weighted by atomic mass is 10.1. The molecular formula is C17H16BrN5O3. The van der Waals surface area contributed by atoms with Crippen molar-refractivity contribution in [2.45, 2.75) is 13.5 Å². The molecule has 0 bridgehead atoms. The molecule has 2 heterocycles. The highest BCUT2D eigenvalue weighted by Crippen LogP contribution is 2.22. The first-order valence-electron chi connectivity index (χ1n) is 7.70. The van der Waals surface area contributed by atoms with Crippen LogP contribution in [0.3, 0.4) is 0 Å². The third-order valence-electron chi connectivity index (χ3n) is 3.69. The molecule has 1 aromatic carbocycles. The van der Waals surface area contributed by atoms with Gasteiger partial charge in [0, 0.05) is 19.4 Å². The second kappa shape index (κ2) is 7.12. The van der Waals surface area contributed by atoms with Crippen LogP contribution < -0.4 is 5.32 Å². The minimum Gasteiger partial charge on any atom is -0.476 e. The van der Waals surface area contributed by atoms with Gasteiger partial charge >= 0.3 is 5.97 Å². The van der Waals surface area contributed by atoms with Crippen molar-refractivity contribution in [3.05, 3.63) is 63.5 Å². The van der Waals surface area contributed by atoms with Crippen LogP contribution in [-0.4, -0.2) is 36.5 Å². The number of carbonyl (C=O) groups is 2. The number of carboxylic acid groups (broad SMARTS) is 1. The lowest BCUT2D eigenvalue weighted by molar-refractivity contribution is 0.0685. The summed E-state index contributed by atoms with van der Waals surface area (Å²) in [4.78, 5) is 23.6. The Morgan fingerprint density at radius 2 is 1.88 bits per heavy atom. The Bertz CT molecular complexity index is 975. The molecule has 3 aromatic rings. The van der Waals surface area contributed by atoms with E-state index in [1.54, 1.807) is 17.9 Å². The van der Waals surface area contributed by atoms with Crippen molar-refractivity contribution in [1.29, 1.82) is 0 Å². The van der Waals surface area contributed by atoms with Gasteiger partial charge in [0.2, 0.25) is 0 Å².